The van der Waals surface area contributed by atoms with Gasteiger partial charge < -0.3 is 10.6 Å². The van der Waals surface area contributed by atoms with E-state index in [-0.39, 0.29) is 12.1 Å². The molecule has 2 rings (SSSR count). The minimum absolute atomic E-state index is 0.0280. The molecule has 1 aromatic heterocycles. The maximum Gasteiger partial charge on any atom is 0.416 e. The van der Waals surface area contributed by atoms with Crippen molar-refractivity contribution in [2.75, 3.05) is 0 Å². The minimum Gasteiger partial charge on any atom is -0.332 e. The minimum atomic E-state index is -4.46. The molecule has 124 valence electrons. The summed E-state index contributed by atoms with van der Waals surface area (Å²) in [6, 6.07) is 3.89. The maximum absolute atomic E-state index is 13.0. The number of amides is 2. The predicted octanol–water partition coefficient (Wildman–Crippen LogP) is 4.03. The van der Waals surface area contributed by atoms with E-state index in [4.69, 9.17) is 0 Å². The molecule has 0 fully saturated rings. The number of nitrogens with zero attached hydrogens (tertiary/aromatic N) is 1. The molecule has 2 amide bonds. The predicted molar refractivity (Wildman–Crippen MR) is 82.1 cm³/mol. The molecule has 1 atom stereocenters. The van der Waals surface area contributed by atoms with Gasteiger partial charge in [0.15, 0.2) is 0 Å². The van der Waals surface area contributed by atoms with Gasteiger partial charge in [0.2, 0.25) is 0 Å². The van der Waals surface area contributed by atoms with E-state index in [1.807, 2.05) is 12.3 Å². The Labute approximate surface area is 135 Å². The van der Waals surface area contributed by atoms with Gasteiger partial charge >= 0.3 is 12.2 Å². The van der Waals surface area contributed by atoms with Crippen molar-refractivity contribution in [3.63, 3.8) is 0 Å². The molecule has 23 heavy (non-hydrogen) atoms. The van der Waals surface area contributed by atoms with Crippen LogP contribution >= 0.6 is 11.3 Å². The molecule has 1 heterocycles. The molecule has 0 radical (unpaired) electrons. The average molecular weight is 343 g/mol. The van der Waals surface area contributed by atoms with Gasteiger partial charge in [-0.25, -0.2) is 9.78 Å². The lowest BCUT2D eigenvalue weighted by Crippen LogP contribution is -2.37. The zero-order chi connectivity index (χ0) is 17.0. The van der Waals surface area contributed by atoms with Crippen LogP contribution in [0, 0.1) is 6.92 Å². The van der Waals surface area contributed by atoms with Crippen molar-refractivity contribution in [2.24, 2.45) is 0 Å². The standard InChI is InChI=1S/C15H16F3N3OS/c1-9-8-23-13(20-9)7-19-14(22)21-10(2)11-5-3-4-6-12(11)15(16,17)18/h3-6,8,10H,7H2,1-2H3,(H2,19,21,22)/t10-/m1/s1. The SMILES string of the molecule is Cc1csc(CNC(=O)N[C@H](C)c2ccccc2C(F)(F)F)n1. The number of nitrogens with one attached hydrogen (secondary N) is 2. The van der Waals surface area contributed by atoms with Gasteiger partial charge in [0.1, 0.15) is 5.01 Å². The van der Waals surface area contributed by atoms with Crippen LogP contribution in [0.25, 0.3) is 0 Å². The van der Waals surface area contributed by atoms with Crippen LogP contribution in [0.15, 0.2) is 29.6 Å². The highest BCUT2D eigenvalue weighted by atomic mass is 32.1. The second-order valence-corrected chi connectivity index (χ2v) is 5.96. The monoisotopic (exact) mass is 343 g/mol. The van der Waals surface area contributed by atoms with Crippen LogP contribution in [0.3, 0.4) is 0 Å². The normalized spacial score (nSPS) is 12.7. The van der Waals surface area contributed by atoms with Crippen LogP contribution in [0.5, 0.6) is 0 Å². The summed E-state index contributed by atoms with van der Waals surface area (Å²) in [5.41, 5.74) is 0.142. The molecule has 0 unspecified atom stereocenters. The molecular formula is C15H16F3N3OS. The average Bonchev–Trinajstić information content (AvgIpc) is 2.90. The number of carbonyl (C=O) groups excluding carboxylic acids is 1. The third-order valence-corrected chi connectivity index (χ3v) is 4.11. The molecule has 0 aliphatic rings. The Kier molecular flexibility index (Phi) is 5.25. The second kappa shape index (κ2) is 6.99. The Hall–Kier alpha value is -2.09. The summed E-state index contributed by atoms with van der Waals surface area (Å²) in [4.78, 5) is 16.0. The molecule has 4 nitrogen and oxygen atoms in total. The quantitative estimate of drug-likeness (QED) is 0.881. The number of hydrogen-bond donors (Lipinski definition) is 2. The van der Waals surface area contributed by atoms with Gasteiger partial charge in [-0.15, -0.1) is 11.3 Å². The largest absolute Gasteiger partial charge is 0.416 e. The fraction of sp³-hybridized carbons (Fsp3) is 0.333. The van der Waals surface area contributed by atoms with Gasteiger partial charge in [0.25, 0.3) is 0 Å². The van der Waals surface area contributed by atoms with Crippen LogP contribution in [-0.4, -0.2) is 11.0 Å². The summed E-state index contributed by atoms with van der Waals surface area (Å²) < 4.78 is 38.9. The molecular weight excluding hydrogens is 327 g/mol. The number of urea groups is 1. The maximum atomic E-state index is 13.0. The number of halogens is 3. The molecule has 0 spiro atoms. The summed E-state index contributed by atoms with van der Waals surface area (Å²) in [6.45, 7) is 3.59. The Morgan fingerprint density at radius 1 is 1.35 bits per heavy atom. The van der Waals surface area contributed by atoms with Gasteiger partial charge in [-0.3, -0.25) is 0 Å². The number of rotatable bonds is 4. The Morgan fingerprint density at radius 3 is 2.65 bits per heavy atom. The van der Waals surface area contributed by atoms with Crippen molar-refractivity contribution in [1.82, 2.24) is 15.6 Å². The van der Waals surface area contributed by atoms with Crippen molar-refractivity contribution in [2.45, 2.75) is 32.6 Å². The summed E-state index contributed by atoms with van der Waals surface area (Å²) in [7, 11) is 0. The first kappa shape index (κ1) is 17.3. The Morgan fingerprint density at radius 2 is 2.04 bits per heavy atom. The number of thiazole rings is 1. The Bertz CT molecular complexity index is 685. The molecule has 0 saturated heterocycles. The van der Waals surface area contributed by atoms with Crippen LogP contribution in [-0.2, 0) is 12.7 Å². The third-order valence-electron chi connectivity index (χ3n) is 3.15. The van der Waals surface area contributed by atoms with Crippen molar-refractivity contribution >= 4 is 17.4 Å². The van der Waals surface area contributed by atoms with Gasteiger partial charge in [0, 0.05) is 11.1 Å². The smallest absolute Gasteiger partial charge is 0.332 e. The number of aryl methyl sites for hydroxylation is 1. The zero-order valence-electron chi connectivity index (χ0n) is 12.6. The van der Waals surface area contributed by atoms with Gasteiger partial charge in [0.05, 0.1) is 18.2 Å². The topological polar surface area (TPSA) is 54.0 Å². The molecule has 2 N–H and O–H groups in total. The van der Waals surface area contributed by atoms with Crippen molar-refractivity contribution in [3.8, 4) is 0 Å². The van der Waals surface area contributed by atoms with E-state index in [2.05, 4.69) is 15.6 Å². The van der Waals surface area contributed by atoms with Crippen molar-refractivity contribution in [1.29, 1.82) is 0 Å². The number of aromatic nitrogens is 1. The summed E-state index contributed by atoms with van der Waals surface area (Å²) in [5.74, 6) is 0. The summed E-state index contributed by atoms with van der Waals surface area (Å²) in [5, 5.41) is 7.70. The first-order valence-corrected chi connectivity index (χ1v) is 7.77. The Balaban J connectivity index is 1.99. The van der Waals surface area contributed by atoms with Gasteiger partial charge in [-0.05, 0) is 25.5 Å². The lowest BCUT2D eigenvalue weighted by Gasteiger charge is -2.19. The fourth-order valence-electron chi connectivity index (χ4n) is 2.10. The number of hydrogen-bond acceptors (Lipinski definition) is 3. The number of alkyl halides is 3. The first-order valence-electron chi connectivity index (χ1n) is 6.89. The van der Waals surface area contributed by atoms with E-state index in [9.17, 15) is 18.0 Å². The highest BCUT2D eigenvalue weighted by Gasteiger charge is 2.34. The van der Waals surface area contributed by atoms with E-state index in [0.29, 0.717) is 0 Å². The summed E-state index contributed by atoms with van der Waals surface area (Å²) >= 11 is 1.41. The highest BCUT2D eigenvalue weighted by Crippen LogP contribution is 2.34. The second-order valence-electron chi connectivity index (χ2n) is 5.02. The molecule has 0 aliphatic heterocycles. The fourth-order valence-corrected chi connectivity index (χ4v) is 2.81. The molecule has 8 heteroatoms. The van der Waals surface area contributed by atoms with E-state index >= 15 is 0 Å². The lowest BCUT2D eigenvalue weighted by molar-refractivity contribution is -0.138. The zero-order valence-corrected chi connectivity index (χ0v) is 13.4. The van der Waals surface area contributed by atoms with E-state index in [1.54, 1.807) is 0 Å². The van der Waals surface area contributed by atoms with Crippen molar-refractivity contribution < 1.29 is 18.0 Å². The van der Waals surface area contributed by atoms with Crippen LogP contribution in [0.2, 0.25) is 0 Å². The van der Waals surface area contributed by atoms with Gasteiger partial charge in [-0.1, -0.05) is 18.2 Å². The third kappa shape index (κ3) is 4.69. The van der Waals surface area contributed by atoms with Crippen LogP contribution in [0.1, 0.15) is 34.8 Å². The first-order chi connectivity index (χ1) is 10.8. The lowest BCUT2D eigenvalue weighted by atomic mass is 10.0. The van der Waals surface area contributed by atoms with E-state index in [1.165, 1.54) is 36.5 Å². The number of carbonyl (C=O) groups is 1. The van der Waals surface area contributed by atoms with Crippen molar-refractivity contribution in [3.05, 3.63) is 51.5 Å². The van der Waals surface area contributed by atoms with Crippen LogP contribution in [0.4, 0.5) is 18.0 Å². The highest BCUT2D eigenvalue weighted by molar-refractivity contribution is 7.09. The van der Waals surface area contributed by atoms with E-state index in [0.717, 1.165) is 16.8 Å². The molecule has 0 aliphatic carbocycles. The molecule has 1 aromatic carbocycles. The van der Waals surface area contributed by atoms with Gasteiger partial charge in [-0.2, -0.15) is 13.2 Å². The summed E-state index contributed by atoms with van der Waals surface area (Å²) in [6.07, 6.45) is -4.46. The van der Waals surface area contributed by atoms with Crippen LogP contribution < -0.4 is 10.6 Å². The number of benzene rings is 1. The molecule has 0 saturated carbocycles. The molecule has 2 aromatic rings. The molecule has 0 bridgehead atoms. The van der Waals surface area contributed by atoms with E-state index < -0.39 is 23.8 Å².